The highest BCUT2D eigenvalue weighted by Gasteiger charge is 2.33. The molecule has 0 bridgehead atoms. The van der Waals surface area contributed by atoms with Gasteiger partial charge in [0.05, 0.1) is 16.8 Å². The summed E-state index contributed by atoms with van der Waals surface area (Å²) in [5.74, 6) is 0.424. The molecule has 1 N–H and O–H groups in total. The van der Waals surface area contributed by atoms with Gasteiger partial charge in [-0.2, -0.15) is 0 Å². The molecule has 1 saturated carbocycles. The minimum atomic E-state index is -0.129. The Morgan fingerprint density at radius 1 is 1.15 bits per heavy atom. The van der Waals surface area contributed by atoms with Gasteiger partial charge < -0.3 is 10.2 Å². The Labute approximate surface area is 158 Å². The van der Waals surface area contributed by atoms with Gasteiger partial charge in [0.25, 0.3) is 5.91 Å². The number of hydrogen-bond donors (Lipinski definition) is 1. The summed E-state index contributed by atoms with van der Waals surface area (Å²) in [7, 11) is 0. The molecule has 0 radical (unpaired) electrons. The van der Waals surface area contributed by atoms with Crippen LogP contribution < -0.4 is 10.2 Å². The van der Waals surface area contributed by atoms with Gasteiger partial charge in [-0.15, -0.1) is 0 Å². The number of nitrogens with one attached hydrogen (secondary N) is 1. The molecule has 2 fully saturated rings. The molecule has 5 heteroatoms. The van der Waals surface area contributed by atoms with Crippen molar-refractivity contribution in [2.45, 2.75) is 31.7 Å². The summed E-state index contributed by atoms with van der Waals surface area (Å²) in [6, 6.07) is 15.3. The third-order valence-electron chi connectivity index (χ3n) is 5.11. The highest BCUT2D eigenvalue weighted by atomic mass is 35.5. The summed E-state index contributed by atoms with van der Waals surface area (Å²) in [6.07, 6.45) is 3.62. The van der Waals surface area contributed by atoms with Gasteiger partial charge in [-0.3, -0.25) is 9.59 Å². The Kier molecular flexibility index (Phi) is 4.68. The van der Waals surface area contributed by atoms with Gasteiger partial charge in [0.1, 0.15) is 0 Å². The van der Waals surface area contributed by atoms with E-state index in [9.17, 15) is 9.59 Å². The lowest BCUT2D eigenvalue weighted by molar-refractivity contribution is -0.117. The molecular weight excluding hydrogens is 348 g/mol. The zero-order valence-corrected chi connectivity index (χ0v) is 15.2. The van der Waals surface area contributed by atoms with Crippen LogP contribution in [0.3, 0.4) is 0 Å². The summed E-state index contributed by atoms with van der Waals surface area (Å²) in [5.41, 5.74) is 2.29. The molecule has 134 valence electrons. The predicted octanol–water partition coefficient (Wildman–Crippen LogP) is 4.35. The van der Waals surface area contributed by atoms with Gasteiger partial charge in [-0.1, -0.05) is 41.9 Å². The molecule has 2 aromatic rings. The molecule has 4 nitrogen and oxygen atoms in total. The summed E-state index contributed by atoms with van der Waals surface area (Å²) in [6.45, 7) is 0.651. The number of hydrogen-bond acceptors (Lipinski definition) is 2. The lowest BCUT2D eigenvalue weighted by Crippen LogP contribution is -2.30. The number of amides is 2. The number of nitrogens with zero attached hydrogens (tertiary/aromatic N) is 1. The quantitative estimate of drug-likeness (QED) is 0.853. The van der Waals surface area contributed by atoms with E-state index in [0.717, 1.165) is 24.8 Å². The zero-order chi connectivity index (χ0) is 18.1. The number of carbonyl (C=O) groups excluding carboxylic acids is 2. The fraction of sp³-hybridized carbons (Fsp3) is 0.333. The van der Waals surface area contributed by atoms with E-state index in [2.05, 4.69) is 17.4 Å². The van der Waals surface area contributed by atoms with Crippen LogP contribution in [0.1, 0.15) is 47.6 Å². The van der Waals surface area contributed by atoms with Crippen LogP contribution in [-0.4, -0.2) is 18.4 Å². The van der Waals surface area contributed by atoms with Crippen LogP contribution in [0, 0.1) is 5.92 Å². The van der Waals surface area contributed by atoms with Crippen molar-refractivity contribution in [2.75, 3.05) is 11.4 Å². The van der Waals surface area contributed by atoms with Crippen LogP contribution in [-0.2, 0) is 4.79 Å². The maximum atomic E-state index is 12.9. The largest absolute Gasteiger partial charge is 0.345 e. The molecule has 1 unspecified atom stereocenters. The Morgan fingerprint density at radius 2 is 1.92 bits per heavy atom. The maximum Gasteiger partial charge on any atom is 0.251 e. The van der Waals surface area contributed by atoms with E-state index in [-0.39, 0.29) is 17.9 Å². The molecule has 1 aliphatic heterocycles. The third-order valence-corrected chi connectivity index (χ3v) is 5.43. The average Bonchev–Trinajstić information content (AvgIpc) is 3.41. The number of benzene rings is 2. The van der Waals surface area contributed by atoms with Crippen LogP contribution >= 0.6 is 11.6 Å². The molecule has 0 spiro atoms. The van der Waals surface area contributed by atoms with Gasteiger partial charge in [0.2, 0.25) is 5.91 Å². The Bertz CT molecular complexity index is 833. The molecule has 1 aliphatic carbocycles. The number of rotatable bonds is 5. The minimum absolute atomic E-state index is 0.0243. The number of carbonyl (C=O) groups is 2. The van der Waals surface area contributed by atoms with Crippen molar-refractivity contribution < 1.29 is 9.59 Å². The molecular formula is C21H21ClN2O2. The lowest BCUT2D eigenvalue weighted by atomic mass is 10.0. The smallest absolute Gasteiger partial charge is 0.251 e. The topological polar surface area (TPSA) is 49.4 Å². The van der Waals surface area contributed by atoms with Crippen LogP contribution in [0.2, 0.25) is 5.02 Å². The first-order valence-electron chi connectivity index (χ1n) is 9.09. The second kappa shape index (κ2) is 7.12. The fourth-order valence-corrected chi connectivity index (χ4v) is 3.77. The first-order valence-corrected chi connectivity index (χ1v) is 9.47. The van der Waals surface area contributed by atoms with E-state index in [1.54, 1.807) is 23.1 Å². The van der Waals surface area contributed by atoms with Gasteiger partial charge >= 0.3 is 0 Å². The Morgan fingerprint density at radius 3 is 2.58 bits per heavy atom. The third kappa shape index (κ3) is 3.47. The van der Waals surface area contributed by atoms with Gasteiger partial charge in [0, 0.05) is 18.5 Å². The van der Waals surface area contributed by atoms with E-state index < -0.39 is 0 Å². The normalized spacial score (nSPS) is 18.0. The van der Waals surface area contributed by atoms with E-state index in [1.165, 1.54) is 0 Å². The summed E-state index contributed by atoms with van der Waals surface area (Å²) in [4.78, 5) is 26.6. The van der Waals surface area contributed by atoms with Crippen molar-refractivity contribution >= 4 is 29.1 Å². The molecule has 26 heavy (non-hydrogen) atoms. The number of anilines is 1. The van der Waals surface area contributed by atoms with E-state index in [1.807, 2.05) is 18.2 Å². The molecule has 1 saturated heterocycles. The molecule has 2 aliphatic rings. The summed E-state index contributed by atoms with van der Waals surface area (Å²) >= 11 is 6.28. The minimum Gasteiger partial charge on any atom is -0.345 e. The lowest BCUT2D eigenvalue weighted by Gasteiger charge is -2.21. The molecule has 2 aromatic carbocycles. The molecule has 1 atom stereocenters. The van der Waals surface area contributed by atoms with Crippen molar-refractivity contribution in [2.24, 2.45) is 5.92 Å². The van der Waals surface area contributed by atoms with Crippen molar-refractivity contribution in [3.63, 3.8) is 0 Å². The van der Waals surface area contributed by atoms with Crippen molar-refractivity contribution in [1.29, 1.82) is 0 Å². The van der Waals surface area contributed by atoms with Crippen molar-refractivity contribution in [3.8, 4) is 0 Å². The highest BCUT2D eigenvalue weighted by Crippen LogP contribution is 2.41. The van der Waals surface area contributed by atoms with Crippen LogP contribution in [0.5, 0.6) is 0 Å². The molecule has 4 rings (SSSR count). The second-order valence-corrected chi connectivity index (χ2v) is 7.42. The van der Waals surface area contributed by atoms with E-state index in [0.29, 0.717) is 35.2 Å². The van der Waals surface area contributed by atoms with E-state index in [4.69, 9.17) is 11.6 Å². The van der Waals surface area contributed by atoms with Gasteiger partial charge in [-0.05, 0) is 48.9 Å². The summed E-state index contributed by atoms with van der Waals surface area (Å²) in [5, 5.41) is 3.67. The molecule has 1 heterocycles. The van der Waals surface area contributed by atoms with Gasteiger partial charge in [0.15, 0.2) is 0 Å². The number of halogens is 1. The van der Waals surface area contributed by atoms with Crippen LogP contribution in [0.4, 0.5) is 5.69 Å². The standard InChI is InChI=1S/C21H21ClN2O2/c22-17-11-10-16(13-18(17)24-12-4-7-19(24)25)21(26)23-20(15-8-9-15)14-5-2-1-3-6-14/h1-3,5-6,10-11,13,15,20H,4,7-9,12H2,(H,23,26). The Hall–Kier alpha value is -2.33. The fourth-order valence-electron chi connectivity index (χ4n) is 3.55. The first kappa shape index (κ1) is 17.1. The Balaban J connectivity index is 1.57. The second-order valence-electron chi connectivity index (χ2n) is 7.01. The van der Waals surface area contributed by atoms with Crippen molar-refractivity contribution in [3.05, 3.63) is 64.7 Å². The SMILES string of the molecule is O=C(NC(c1ccccc1)C1CC1)c1ccc(Cl)c(N2CCCC2=O)c1. The van der Waals surface area contributed by atoms with Crippen LogP contribution in [0.25, 0.3) is 0 Å². The van der Waals surface area contributed by atoms with Gasteiger partial charge in [-0.25, -0.2) is 0 Å². The van der Waals surface area contributed by atoms with Crippen molar-refractivity contribution in [1.82, 2.24) is 5.32 Å². The predicted molar refractivity (Wildman–Crippen MR) is 102 cm³/mol. The summed E-state index contributed by atoms with van der Waals surface area (Å²) < 4.78 is 0. The monoisotopic (exact) mass is 368 g/mol. The highest BCUT2D eigenvalue weighted by molar-refractivity contribution is 6.34. The first-order chi connectivity index (χ1) is 12.6. The molecule has 2 amide bonds. The van der Waals surface area contributed by atoms with E-state index >= 15 is 0 Å². The molecule has 0 aromatic heterocycles. The zero-order valence-electron chi connectivity index (χ0n) is 14.5. The maximum absolute atomic E-state index is 12.9. The average molecular weight is 369 g/mol. The van der Waals surface area contributed by atoms with Crippen LogP contribution in [0.15, 0.2) is 48.5 Å².